The Kier molecular flexibility index (Phi) is 2.62. The minimum atomic E-state index is -0.690. The van der Waals surface area contributed by atoms with Crippen molar-refractivity contribution in [2.45, 2.75) is 25.5 Å². The summed E-state index contributed by atoms with van der Waals surface area (Å²) in [7, 11) is 0. The lowest BCUT2D eigenvalue weighted by atomic mass is 10.2. The third-order valence-electron chi connectivity index (χ3n) is 2.68. The van der Waals surface area contributed by atoms with Gasteiger partial charge in [-0.05, 0) is 18.8 Å². The van der Waals surface area contributed by atoms with Gasteiger partial charge in [0, 0.05) is 6.20 Å². The second kappa shape index (κ2) is 3.94. The molecule has 1 heterocycles. The van der Waals surface area contributed by atoms with Crippen LogP contribution in [0.1, 0.15) is 18.4 Å². The van der Waals surface area contributed by atoms with Crippen molar-refractivity contribution < 1.29 is 5.11 Å². The molecule has 0 amide bonds. The first kappa shape index (κ1) is 10.6. The van der Waals surface area contributed by atoms with Crippen LogP contribution >= 0.6 is 0 Å². The zero-order chi connectivity index (χ0) is 11.7. The van der Waals surface area contributed by atoms with Crippen molar-refractivity contribution in [1.29, 1.82) is 5.26 Å². The van der Waals surface area contributed by atoms with Crippen molar-refractivity contribution >= 4 is 0 Å². The maximum Gasteiger partial charge on any atom is 0.328 e. The summed E-state index contributed by atoms with van der Waals surface area (Å²) in [6.07, 6.45) is 2.52. The molecule has 0 radical (unpaired) electrons. The van der Waals surface area contributed by atoms with Gasteiger partial charge in [-0.15, -0.1) is 0 Å². The van der Waals surface area contributed by atoms with Crippen molar-refractivity contribution in [2.75, 3.05) is 0 Å². The van der Waals surface area contributed by atoms with E-state index in [-0.39, 0.29) is 18.0 Å². The Hall–Kier alpha value is -1.87. The molecule has 1 fully saturated rings. The van der Waals surface area contributed by atoms with Crippen LogP contribution in [-0.2, 0) is 6.54 Å². The highest BCUT2D eigenvalue weighted by Gasteiger charge is 2.30. The van der Waals surface area contributed by atoms with Crippen LogP contribution in [0.2, 0.25) is 0 Å². The van der Waals surface area contributed by atoms with Crippen molar-refractivity contribution in [2.24, 2.45) is 5.92 Å². The van der Waals surface area contributed by atoms with Gasteiger partial charge in [0.05, 0.1) is 12.6 Å². The molecule has 2 rings (SSSR count). The molecule has 1 unspecified atom stereocenters. The van der Waals surface area contributed by atoms with Gasteiger partial charge < -0.3 is 5.11 Å². The fraction of sp³-hybridized carbons (Fsp3) is 0.500. The molecule has 1 atom stereocenters. The maximum absolute atomic E-state index is 11.4. The van der Waals surface area contributed by atoms with Gasteiger partial charge in [-0.3, -0.25) is 14.3 Å². The molecule has 1 aliphatic carbocycles. The van der Waals surface area contributed by atoms with E-state index in [0.29, 0.717) is 0 Å². The average Bonchev–Trinajstić information content (AvgIpc) is 3.05. The zero-order valence-electron chi connectivity index (χ0n) is 8.51. The van der Waals surface area contributed by atoms with E-state index in [0.717, 1.165) is 12.8 Å². The lowest BCUT2D eigenvalue weighted by Gasteiger charge is -2.10. The summed E-state index contributed by atoms with van der Waals surface area (Å²) in [5.74, 6) is 0.240. The molecule has 0 saturated heterocycles. The molecule has 1 saturated carbocycles. The Morgan fingerprint density at radius 1 is 1.62 bits per heavy atom. The lowest BCUT2D eigenvalue weighted by Crippen LogP contribution is -2.34. The number of nitrogens with one attached hydrogen (secondary N) is 1. The van der Waals surface area contributed by atoms with Crippen LogP contribution in [0.3, 0.4) is 0 Å². The van der Waals surface area contributed by atoms with Gasteiger partial charge in [0.25, 0.3) is 5.56 Å². The molecule has 1 aliphatic rings. The van der Waals surface area contributed by atoms with Crippen molar-refractivity contribution in [3.8, 4) is 6.07 Å². The second-order valence-electron chi connectivity index (χ2n) is 3.97. The number of H-pyrrole nitrogens is 1. The molecule has 1 aromatic heterocycles. The molecular formula is C10H11N3O3. The number of aliphatic hydroxyl groups is 1. The van der Waals surface area contributed by atoms with Crippen LogP contribution in [-0.4, -0.2) is 20.8 Å². The average molecular weight is 221 g/mol. The van der Waals surface area contributed by atoms with Crippen LogP contribution in [0.5, 0.6) is 0 Å². The Balaban J connectivity index is 2.30. The minimum Gasteiger partial charge on any atom is -0.391 e. The van der Waals surface area contributed by atoms with Gasteiger partial charge in [0.1, 0.15) is 11.6 Å². The van der Waals surface area contributed by atoms with Crippen LogP contribution in [0.15, 0.2) is 15.8 Å². The highest BCUT2D eigenvalue weighted by atomic mass is 16.3. The summed E-state index contributed by atoms with van der Waals surface area (Å²) in [6.45, 7) is 0.120. The van der Waals surface area contributed by atoms with E-state index in [9.17, 15) is 14.7 Å². The highest BCUT2D eigenvalue weighted by molar-refractivity contribution is 5.21. The molecule has 6 heteroatoms. The smallest absolute Gasteiger partial charge is 0.328 e. The van der Waals surface area contributed by atoms with Gasteiger partial charge in [0.15, 0.2) is 0 Å². The molecule has 6 nitrogen and oxygen atoms in total. The Labute approximate surface area is 90.8 Å². The fourth-order valence-electron chi connectivity index (χ4n) is 1.56. The van der Waals surface area contributed by atoms with E-state index in [1.54, 1.807) is 6.07 Å². The third-order valence-corrected chi connectivity index (χ3v) is 2.68. The number of hydrogen-bond donors (Lipinski definition) is 2. The minimum absolute atomic E-state index is 0.120. The Bertz CT molecular complexity index is 548. The summed E-state index contributed by atoms with van der Waals surface area (Å²) < 4.78 is 1.17. The number of aliphatic hydroxyl groups excluding tert-OH is 1. The number of hydrogen-bond acceptors (Lipinski definition) is 4. The largest absolute Gasteiger partial charge is 0.391 e. The first-order valence-corrected chi connectivity index (χ1v) is 5.03. The molecular weight excluding hydrogens is 210 g/mol. The molecule has 16 heavy (non-hydrogen) atoms. The van der Waals surface area contributed by atoms with Crippen molar-refractivity contribution in [3.05, 3.63) is 32.6 Å². The van der Waals surface area contributed by atoms with E-state index >= 15 is 0 Å². The number of nitrogens with zero attached hydrogens (tertiary/aromatic N) is 2. The summed E-state index contributed by atoms with van der Waals surface area (Å²) >= 11 is 0. The van der Waals surface area contributed by atoms with Crippen molar-refractivity contribution in [1.82, 2.24) is 9.55 Å². The standard InChI is InChI=1S/C10H11N3O3/c11-3-7-4-13(10(16)12-9(7)15)5-8(14)6-1-2-6/h4,6,8,14H,1-2,5H2,(H,12,15,16). The number of aromatic nitrogens is 2. The van der Waals surface area contributed by atoms with E-state index in [1.807, 2.05) is 4.98 Å². The lowest BCUT2D eigenvalue weighted by molar-refractivity contribution is 0.129. The monoisotopic (exact) mass is 221 g/mol. The summed E-state index contributed by atoms with van der Waals surface area (Å²) in [5, 5.41) is 18.3. The third kappa shape index (κ3) is 2.04. The van der Waals surface area contributed by atoms with Gasteiger partial charge in [0.2, 0.25) is 0 Å². The van der Waals surface area contributed by atoms with E-state index < -0.39 is 17.4 Å². The summed E-state index contributed by atoms with van der Waals surface area (Å²) in [6, 6.07) is 1.70. The quantitative estimate of drug-likeness (QED) is 0.696. The molecule has 84 valence electrons. The van der Waals surface area contributed by atoms with Gasteiger partial charge in [-0.25, -0.2) is 4.79 Å². The van der Waals surface area contributed by atoms with Crippen molar-refractivity contribution in [3.63, 3.8) is 0 Å². The molecule has 0 bridgehead atoms. The Morgan fingerprint density at radius 3 is 2.88 bits per heavy atom. The first-order valence-electron chi connectivity index (χ1n) is 5.03. The predicted octanol–water partition coefficient (Wildman–Crippen LogP) is -0.821. The molecule has 0 aromatic carbocycles. The number of aromatic amines is 1. The van der Waals surface area contributed by atoms with E-state index in [4.69, 9.17) is 5.26 Å². The van der Waals surface area contributed by atoms with Crippen LogP contribution in [0.25, 0.3) is 0 Å². The molecule has 1 aromatic rings. The van der Waals surface area contributed by atoms with Gasteiger partial charge >= 0.3 is 5.69 Å². The summed E-state index contributed by atoms with van der Waals surface area (Å²) in [4.78, 5) is 24.5. The normalized spacial score (nSPS) is 16.8. The van der Waals surface area contributed by atoms with E-state index in [1.165, 1.54) is 10.8 Å². The maximum atomic E-state index is 11.4. The predicted molar refractivity (Wildman–Crippen MR) is 54.8 cm³/mol. The highest BCUT2D eigenvalue weighted by Crippen LogP contribution is 2.32. The second-order valence-corrected chi connectivity index (χ2v) is 3.97. The Morgan fingerprint density at radius 2 is 2.31 bits per heavy atom. The molecule has 2 N–H and O–H groups in total. The molecule has 0 spiro atoms. The number of rotatable bonds is 3. The van der Waals surface area contributed by atoms with Gasteiger partial charge in [-0.2, -0.15) is 5.26 Å². The fourth-order valence-corrected chi connectivity index (χ4v) is 1.56. The summed E-state index contributed by atoms with van der Waals surface area (Å²) in [5.41, 5.74) is -1.41. The molecule has 0 aliphatic heterocycles. The van der Waals surface area contributed by atoms with Crippen LogP contribution < -0.4 is 11.2 Å². The number of nitriles is 1. The van der Waals surface area contributed by atoms with Crippen LogP contribution in [0.4, 0.5) is 0 Å². The first-order chi connectivity index (χ1) is 7.61. The SMILES string of the molecule is N#Cc1cn(CC(O)C2CC2)c(=O)[nH]c1=O. The van der Waals surface area contributed by atoms with Crippen LogP contribution in [0, 0.1) is 17.2 Å². The van der Waals surface area contributed by atoms with Gasteiger partial charge in [-0.1, -0.05) is 0 Å². The zero-order valence-corrected chi connectivity index (χ0v) is 8.51. The topological polar surface area (TPSA) is 98.9 Å². The van der Waals surface area contributed by atoms with E-state index in [2.05, 4.69) is 0 Å².